The van der Waals surface area contributed by atoms with Gasteiger partial charge in [-0.3, -0.25) is 9.69 Å². The average molecular weight is 435 g/mol. The highest BCUT2D eigenvalue weighted by molar-refractivity contribution is 9.10. The highest BCUT2D eigenvalue weighted by atomic mass is 79.9. The Morgan fingerprint density at radius 3 is 1.75 bits per heavy atom. The number of nitrogens with zero attached hydrogens (tertiary/aromatic N) is 2. The lowest BCUT2D eigenvalue weighted by Crippen LogP contribution is -2.49. The Balaban J connectivity index is 1.52. The topological polar surface area (TPSA) is 23.6 Å². The van der Waals surface area contributed by atoms with E-state index in [2.05, 4.69) is 81.5 Å². The Hall–Kier alpha value is -2.43. The van der Waals surface area contributed by atoms with Crippen LogP contribution < -0.4 is 0 Å². The average Bonchev–Trinajstić information content (AvgIpc) is 2.76. The van der Waals surface area contributed by atoms with Crippen LogP contribution >= 0.6 is 15.9 Å². The molecule has 1 fully saturated rings. The molecule has 1 aliphatic rings. The first-order chi connectivity index (χ1) is 13.7. The summed E-state index contributed by atoms with van der Waals surface area (Å²) in [5, 5.41) is 0. The number of carbonyl (C=O) groups is 1. The predicted octanol–water partition coefficient (Wildman–Crippen LogP) is 5.00. The third-order valence-corrected chi connectivity index (χ3v) is 5.99. The molecule has 0 N–H and O–H groups in total. The van der Waals surface area contributed by atoms with Crippen LogP contribution in [0.15, 0.2) is 89.4 Å². The van der Waals surface area contributed by atoms with Gasteiger partial charge in [0.05, 0.1) is 11.6 Å². The van der Waals surface area contributed by atoms with Crippen LogP contribution in [0.25, 0.3) is 0 Å². The van der Waals surface area contributed by atoms with Gasteiger partial charge in [-0.25, -0.2) is 0 Å². The van der Waals surface area contributed by atoms with Crippen molar-refractivity contribution >= 4 is 21.8 Å². The first kappa shape index (κ1) is 18.9. The van der Waals surface area contributed by atoms with E-state index in [1.54, 1.807) is 0 Å². The van der Waals surface area contributed by atoms with Gasteiger partial charge >= 0.3 is 0 Å². The summed E-state index contributed by atoms with van der Waals surface area (Å²) in [6.07, 6.45) is 0. The minimum absolute atomic E-state index is 0.100. The van der Waals surface area contributed by atoms with E-state index in [-0.39, 0.29) is 11.9 Å². The fourth-order valence-corrected chi connectivity index (χ4v) is 4.33. The summed E-state index contributed by atoms with van der Waals surface area (Å²) < 4.78 is 0.855. The minimum Gasteiger partial charge on any atom is -0.336 e. The second-order valence-corrected chi connectivity index (χ2v) is 7.89. The van der Waals surface area contributed by atoms with Gasteiger partial charge in [0.2, 0.25) is 0 Å². The predicted molar refractivity (Wildman–Crippen MR) is 116 cm³/mol. The molecule has 0 atom stereocenters. The number of piperazine rings is 1. The van der Waals surface area contributed by atoms with E-state index in [9.17, 15) is 4.79 Å². The zero-order valence-corrected chi connectivity index (χ0v) is 17.3. The van der Waals surface area contributed by atoms with Crippen LogP contribution in [0.3, 0.4) is 0 Å². The van der Waals surface area contributed by atoms with Crippen LogP contribution in [0, 0.1) is 0 Å². The largest absolute Gasteiger partial charge is 0.336 e. The zero-order chi connectivity index (χ0) is 19.3. The lowest BCUT2D eigenvalue weighted by molar-refractivity contribution is 0.0596. The molecule has 0 radical (unpaired) electrons. The van der Waals surface area contributed by atoms with Gasteiger partial charge < -0.3 is 4.90 Å². The van der Waals surface area contributed by atoms with E-state index in [4.69, 9.17) is 0 Å². The van der Waals surface area contributed by atoms with Crippen LogP contribution in [-0.4, -0.2) is 41.9 Å². The number of rotatable bonds is 4. The van der Waals surface area contributed by atoms with Gasteiger partial charge in [0, 0.05) is 30.7 Å². The molecule has 3 aromatic carbocycles. The Labute approximate surface area is 174 Å². The van der Waals surface area contributed by atoms with Crippen molar-refractivity contribution in [3.63, 3.8) is 0 Å². The van der Waals surface area contributed by atoms with E-state index in [0.717, 1.165) is 36.2 Å². The molecule has 1 aliphatic heterocycles. The molecular weight excluding hydrogens is 412 g/mol. The summed E-state index contributed by atoms with van der Waals surface area (Å²) >= 11 is 3.50. The smallest absolute Gasteiger partial charge is 0.255 e. The van der Waals surface area contributed by atoms with E-state index in [1.807, 2.05) is 29.2 Å². The van der Waals surface area contributed by atoms with E-state index >= 15 is 0 Å². The molecular formula is C24H23BrN2O. The van der Waals surface area contributed by atoms with Gasteiger partial charge in [-0.2, -0.15) is 0 Å². The normalized spacial score (nSPS) is 15.0. The van der Waals surface area contributed by atoms with Crippen LogP contribution in [0.1, 0.15) is 27.5 Å². The molecule has 0 unspecified atom stereocenters. The lowest BCUT2D eigenvalue weighted by atomic mass is 9.96. The summed E-state index contributed by atoms with van der Waals surface area (Å²) in [4.78, 5) is 17.4. The van der Waals surface area contributed by atoms with Crippen LogP contribution in [0.5, 0.6) is 0 Å². The molecule has 0 saturated carbocycles. The first-order valence-electron chi connectivity index (χ1n) is 9.62. The second kappa shape index (κ2) is 8.72. The molecule has 0 aliphatic carbocycles. The van der Waals surface area contributed by atoms with Gasteiger partial charge in [0.15, 0.2) is 0 Å². The Bertz CT molecular complexity index is 882. The molecule has 0 spiro atoms. The van der Waals surface area contributed by atoms with E-state index in [1.165, 1.54) is 11.1 Å². The summed E-state index contributed by atoms with van der Waals surface area (Å²) in [5.41, 5.74) is 3.32. The van der Waals surface area contributed by atoms with Crippen molar-refractivity contribution in [2.75, 3.05) is 26.2 Å². The summed E-state index contributed by atoms with van der Waals surface area (Å²) in [5.74, 6) is 0.100. The monoisotopic (exact) mass is 434 g/mol. The number of halogens is 1. The minimum atomic E-state index is 0.100. The third kappa shape index (κ3) is 4.03. The van der Waals surface area contributed by atoms with E-state index < -0.39 is 0 Å². The molecule has 1 amide bonds. The highest BCUT2D eigenvalue weighted by Crippen LogP contribution is 2.30. The summed E-state index contributed by atoms with van der Waals surface area (Å²) in [6, 6.07) is 29.1. The van der Waals surface area contributed by atoms with Crippen molar-refractivity contribution in [1.82, 2.24) is 9.80 Å². The second-order valence-electron chi connectivity index (χ2n) is 7.03. The summed E-state index contributed by atoms with van der Waals surface area (Å²) in [6.45, 7) is 3.17. The maximum atomic E-state index is 12.9. The van der Waals surface area contributed by atoms with Gasteiger partial charge in [0.25, 0.3) is 5.91 Å². The Morgan fingerprint density at radius 2 is 1.21 bits per heavy atom. The van der Waals surface area contributed by atoms with Gasteiger partial charge in [-0.05, 0) is 39.2 Å². The zero-order valence-electron chi connectivity index (χ0n) is 15.7. The molecule has 142 valence electrons. The Kier molecular flexibility index (Phi) is 5.89. The number of hydrogen-bond donors (Lipinski definition) is 0. The molecule has 28 heavy (non-hydrogen) atoms. The first-order valence-corrected chi connectivity index (χ1v) is 10.4. The summed E-state index contributed by atoms with van der Waals surface area (Å²) in [7, 11) is 0. The number of hydrogen-bond acceptors (Lipinski definition) is 2. The maximum absolute atomic E-state index is 12.9. The Morgan fingerprint density at radius 1 is 0.714 bits per heavy atom. The molecule has 3 nitrogen and oxygen atoms in total. The molecule has 4 heteroatoms. The van der Waals surface area contributed by atoms with Crippen molar-refractivity contribution < 1.29 is 4.79 Å². The van der Waals surface area contributed by atoms with Gasteiger partial charge in [0.1, 0.15) is 0 Å². The SMILES string of the molecule is O=C(c1ccccc1Br)N1CCN(C(c2ccccc2)c2ccccc2)CC1. The van der Waals surface area contributed by atoms with Crippen LogP contribution in [-0.2, 0) is 0 Å². The molecule has 1 saturated heterocycles. The molecule has 0 bridgehead atoms. The van der Waals surface area contributed by atoms with Gasteiger partial charge in [-0.1, -0.05) is 72.8 Å². The third-order valence-electron chi connectivity index (χ3n) is 5.30. The molecule has 4 rings (SSSR count). The standard InChI is InChI=1S/C24H23BrN2O/c25-22-14-8-7-13-21(22)24(28)27-17-15-26(16-18-27)23(19-9-3-1-4-10-19)20-11-5-2-6-12-20/h1-14,23H,15-18H2. The molecule has 1 heterocycles. The van der Waals surface area contributed by atoms with Crippen molar-refractivity contribution in [3.8, 4) is 0 Å². The van der Waals surface area contributed by atoms with Crippen LogP contribution in [0.2, 0.25) is 0 Å². The van der Waals surface area contributed by atoms with Crippen molar-refractivity contribution in [1.29, 1.82) is 0 Å². The highest BCUT2D eigenvalue weighted by Gasteiger charge is 2.28. The van der Waals surface area contributed by atoms with Crippen molar-refractivity contribution in [2.24, 2.45) is 0 Å². The number of benzene rings is 3. The van der Waals surface area contributed by atoms with Crippen molar-refractivity contribution in [2.45, 2.75) is 6.04 Å². The van der Waals surface area contributed by atoms with Gasteiger partial charge in [-0.15, -0.1) is 0 Å². The number of amides is 1. The molecule has 0 aromatic heterocycles. The molecule has 3 aromatic rings. The van der Waals surface area contributed by atoms with Crippen molar-refractivity contribution in [3.05, 3.63) is 106 Å². The fraction of sp³-hybridized carbons (Fsp3) is 0.208. The van der Waals surface area contributed by atoms with Crippen LogP contribution in [0.4, 0.5) is 0 Å². The lowest BCUT2D eigenvalue weighted by Gasteiger charge is -2.40. The maximum Gasteiger partial charge on any atom is 0.255 e. The fourth-order valence-electron chi connectivity index (χ4n) is 3.87. The van der Waals surface area contributed by atoms with E-state index in [0.29, 0.717) is 0 Å². The quantitative estimate of drug-likeness (QED) is 0.576. The number of carbonyl (C=O) groups excluding carboxylic acids is 1.